The fourth-order valence-corrected chi connectivity index (χ4v) is 1.67. The molecule has 1 N–H and O–H groups in total. The van der Waals surface area contributed by atoms with Crippen LogP contribution in [0.15, 0.2) is 6.20 Å². The standard InChI is InChI=1S/C9H10N2O3/c1-14-9-10-4-5-2-3-6(8(12)13)7(5)11-9/h4,6H,2-3H2,1H3,(H,12,13). The number of aromatic nitrogens is 2. The van der Waals surface area contributed by atoms with Crippen LogP contribution in [0.25, 0.3) is 0 Å². The fraction of sp³-hybridized carbons (Fsp3) is 0.444. The molecule has 1 aliphatic rings. The van der Waals surface area contributed by atoms with Gasteiger partial charge in [0.2, 0.25) is 0 Å². The Morgan fingerprint density at radius 3 is 3.14 bits per heavy atom. The van der Waals surface area contributed by atoms with Gasteiger partial charge in [-0.15, -0.1) is 0 Å². The first-order chi connectivity index (χ1) is 6.72. The Bertz CT molecular complexity index is 378. The third kappa shape index (κ3) is 1.30. The highest BCUT2D eigenvalue weighted by molar-refractivity contribution is 5.76. The van der Waals surface area contributed by atoms with E-state index >= 15 is 0 Å². The molecule has 0 bridgehead atoms. The van der Waals surface area contributed by atoms with Crippen molar-refractivity contribution in [1.29, 1.82) is 0 Å². The highest BCUT2D eigenvalue weighted by Gasteiger charge is 2.30. The van der Waals surface area contributed by atoms with Gasteiger partial charge in [0, 0.05) is 6.20 Å². The lowest BCUT2D eigenvalue weighted by Gasteiger charge is -2.05. The van der Waals surface area contributed by atoms with Crippen molar-refractivity contribution >= 4 is 5.97 Å². The number of carbonyl (C=O) groups is 1. The number of aliphatic carboxylic acids is 1. The van der Waals surface area contributed by atoms with Gasteiger partial charge in [-0.1, -0.05) is 0 Å². The van der Waals surface area contributed by atoms with Crippen LogP contribution in [-0.2, 0) is 11.2 Å². The van der Waals surface area contributed by atoms with E-state index in [0.29, 0.717) is 12.1 Å². The molecule has 14 heavy (non-hydrogen) atoms. The minimum absolute atomic E-state index is 0.233. The van der Waals surface area contributed by atoms with Crippen LogP contribution < -0.4 is 4.74 Å². The van der Waals surface area contributed by atoms with Crippen molar-refractivity contribution in [1.82, 2.24) is 9.97 Å². The van der Waals surface area contributed by atoms with Crippen LogP contribution in [0.5, 0.6) is 6.01 Å². The normalized spacial score (nSPS) is 19.1. The van der Waals surface area contributed by atoms with Gasteiger partial charge in [0.1, 0.15) is 0 Å². The maximum absolute atomic E-state index is 10.9. The predicted molar refractivity (Wildman–Crippen MR) is 47.3 cm³/mol. The van der Waals surface area contributed by atoms with E-state index in [0.717, 1.165) is 12.0 Å². The van der Waals surface area contributed by atoms with Gasteiger partial charge in [-0.3, -0.25) is 4.79 Å². The minimum atomic E-state index is -0.829. The SMILES string of the molecule is COc1ncc2c(n1)C(C(=O)O)CC2. The van der Waals surface area contributed by atoms with E-state index in [2.05, 4.69) is 9.97 Å². The van der Waals surface area contributed by atoms with Crippen molar-refractivity contribution < 1.29 is 14.6 Å². The molecule has 1 unspecified atom stereocenters. The molecule has 0 amide bonds. The largest absolute Gasteiger partial charge is 0.481 e. The van der Waals surface area contributed by atoms with E-state index < -0.39 is 11.9 Å². The molecule has 0 radical (unpaired) electrons. The number of hydrogen-bond acceptors (Lipinski definition) is 4. The lowest BCUT2D eigenvalue weighted by atomic mass is 10.1. The summed E-state index contributed by atoms with van der Waals surface area (Å²) >= 11 is 0. The van der Waals surface area contributed by atoms with E-state index in [4.69, 9.17) is 9.84 Å². The summed E-state index contributed by atoms with van der Waals surface area (Å²) in [6.45, 7) is 0. The summed E-state index contributed by atoms with van der Waals surface area (Å²) < 4.78 is 4.85. The molecule has 2 rings (SSSR count). The Labute approximate surface area is 80.8 Å². The Morgan fingerprint density at radius 2 is 2.50 bits per heavy atom. The van der Waals surface area contributed by atoms with Gasteiger partial charge < -0.3 is 9.84 Å². The van der Waals surface area contributed by atoms with Crippen LogP contribution in [0.4, 0.5) is 0 Å². The molecular formula is C9H10N2O3. The molecule has 5 heteroatoms. The maximum atomic E-state index is 10.9. The van der Waals surface area contributed by atoms with Gasteiger partial charge in [0.15, 0.2) is 0 Å². The molecule has 1 atom stereocenters. The zero-order valence-electron chi connectivity index (χ0n) is 7.73. The molecule has 0 saturated heterocycles. The molecule has 1 aliphatic carbocycles. The second-order valence-electron chi connectivity index (χ2n) is 3.20. The number of nitrogens with zero attached hydrogens (tertiary/aromatic N) is 2. The van der Waals surface area contributed by atoms with Crippen LogP contribution >= 0.6 is 0 Å². The predicted octanol–water partition coefficient (Wildman–Crippen LogP) is 0.600. The van der Waals surface area contributed by atoms with Gasteiger partial charge in [-0.2, -0.15) is 4.98 Å². The first-order valence-corrected chi connectivity index (χ1v) is 4.35. The first kappa shape index (κ1) is 8.93. The fourth-order valence-electron chi connectivity index (χ4n) is 1.67. The number of aryl methyl sites for hydroxylation is 1. The van der Waals surface area contributed by atoms with Crippen molar-refractivity contribution in [3.63, 3.8) is 0 Å². The number of rotatable bonds is 2. The summed E-state index contributed by atoms with van der Waals surface area (Å²) in [7, 11) is 1.46. The van der Waals surface area contributed by atoms with Crippen molar-refractivity contribution in [2.75, 3.05) is 7.11 Å². The Balaban J connectivity index is 2.41. The van der Waals surface area contributed by atoms with E-state index in [-0.39, 0.29) is 6.01 Å². The number of carboxylic acids is 1. The van der Waals surface area contributed by atoms with E-state index in [1.807, 2.05) is 0 Å². The molecular weight excluding hydrogens is 184 g/mol. The molecule has 0 fully saturated rings. The zero-order valence-corrected chi connectivity index (χ0v) is 7.73. The maximum Gasteiger partial charge on any atom is 0.316 e. The lowest BCUT2D eigenvalue weighted by molar-refractivity contribution is -0.138. The molecule has 1 heterocycles. The summed E-state index contributed by atoms with van der Waals surface area (Å²) in [4.78, 5) is 18.9. The number of carboxylic acid groups (broad SMARTS) is 1. The Hall–Kier alpha value is -1.65. The first-order valence-electron chi connectivity index (χ1n) is 4.35. The third-order valence-corrected chi connectivity index (χ3v) is 2.39. The molecule has 0 spiro atoms. The number of ether oxygens (including phenoxy) is 1. The highest BCUT2D eigenvalue weighted by Crippen LogP contribution is 2.31. The highest BCUT2D eigenvalue weighted by atomic mass is 16.5. The molecule has 1 aromatic heterocycles. The van der Waals surface area contributed by atoms with Gasteiger partial charge in [0.05, 0.1) is 18.7 Å². The monoisotopic (exact) mass is 194 g/mol. The van der Waals surface area contributed by atoms with Crippen molar-refractivity contribution in [3.05, 3.63) is 17.5 Å². The van der Waals surface area contributed by atoms with Crippen molar-refractivity contribution in [2.45, 2.75) is 18.8 Å². The number of fused-ring (bicyclic) bond motifs is 1. The molecule has 0 aliphatic heterocycles. The van der Waals surface area contributed by atoms with Crippen molar-refractivity contribution in [2.24, 2.45) is 0 Å². The minimum Gasteiger partial charge on any atom is -0.481 e. The lowest BCUT2D eigenvalue weighted by Crippen LogP contribution is -2.10. The summed E-state index contributed by atoms with van der Waals surface area (Å²) in [5, 5.41) is 8.92. The van der Waals surface area contributed by atoms with Crippen LogP contribution in [0.2, 0.25) is 0 Å². The molecule has 74 valence electrons. The number of hydrogen-bond donors (Lipinski definition) is 1. The van der Waals surface area contributed by atoms with Crippen LogP contribution in [-0.4, -0.2) is 28.2 Å². The van der Waals surface area contributed by atoms with Crippen molar-refractivity contribution in [3.8, 4) is 6.01 Å². The third-order valence-electron chi connectivity index (χ3n) is 2.39. The molecule has 0 aromatic carbocycles. The van der Waals surface area contributed by atoms with E-state index in [1.54, 1.807) is 6.20 Å². The van der Waals surface area contributed by atoms with Gasteiger partial charge >= 0.3 is 12.0 Å². The molecule has 1 aromatic rings. The second kappa shape index (κ2) is 3.25. The molecule has 5 nitrogen and oxygen atoms in total. The van der Waals surface area contributed by atoms with Crippen LogP contribution in [0.3, 0.4) is 0 Å². The Morgan fingerprint density at radius 1 is 1.71 bits per heavy atom. The summed E-state index contributed by atoms with van der Waals surface area (Å²) in [6, 6.07) is 0.233. The zero-order chi connectivity index (χ0) is 10.1. The Kier molecular flexibility index (Phi) is 2.07. The summed E-state index contributed by atoms with van der Waals surface area (Å²) in [5.74, 6) is -1.33. The number of methoxy groups -OCH3 is 1. The summed E-state index contributed by atoms with van der Waals surface area (Å²) in [5.41, 5.74) is 1.52. The quantitative estimate of drug-likeness (QED) is 0.746. The topological polar surface area (TPSA) is 72.3 Å². The van der Waals surface area contributed by atoms with Gasteiger partial charge in [-0.25, -0.2) is 4.98 Å². The van der Waals surface area contributed by atoms with Gasteiger partial charge in [-0.05, 0) is 18.4 Å². The average molecular weight is 194 g/mol. The van der Waals surface area contributed by atoms with Gasteiger partial charge in [0.25, 0.3) is 0 Å². The van der Waals surface area contributed by atoms with E-state index in [1.165, 1.54) is 7.11 Å². The average Bonchev–Trinajstić information content (AvgIpc) is 2.59. The smallest absolute Gasteiger partial charge is 0.316 e. The van der Waals surface area contributed by atoms with E-state index in [9.17, 15) is 4.79 Å². The van der Waals surface area contributed by atoms with Crippen LogP contribution in [0, 0.1) is 0 Å². The molecule has 0 saturated carbocycles. The second-order valence-corrected chi connectivity index (χ2v) is 3.20. The van der Waals surface area contributed by atoms with Crippen LogP contribution in [0.1, 0.15) is 23.6 Å². The summed E-state index contributed by atoms with van der Waals surface area (Å²) in [6.07, 6.45) is 2.98.